The van der Waals surface area contributed by atoms with Crippen molar-refractivity contribution >= 4 is 69.4 Å². The van der Waals surface area contributed by atoms with Crippen molar-refractivity contribution in [2.24, 2.45) is 23.3 Å². The number of nitrogens with two attached hydrogens (primary N) is 2. The van der Waals surface area contributed by atoms with Crippen molar-refractivity contribution < 1.29 is 29.4 Å². The van der Waals surface area contributed by atoms with Crippen LogP contribution >= 0.6 is 23.6 Å². The number of carbonyl (C=O) groups is 4. The number of thiocarbonyl (C=S) groups is 1. The first-order chi connectivity index (χ1) is 23.2. The van der Waals surface area contributed by atoms with Crippen molar-refractivity contribution in [1.82, 2.24) is 15.2 Å². The smallest absolute Gasteiger partial charge is 0.336 e. The Morgan fingerprint density at radius 2 is 1.78 bits per heavy atom. The summed E-state index contributed by atoms with van der Waals surface area (Å²) in [6.07, 6.45) is 8.15. The van der Waals surface area contributed by atoms with Gasteiger partial charge in [0.15, 0.2) is 5.96 Å². The third-order valence-corrected chi connectivity index (χ3v) is 9.39. The third-order valence-electron chi connectivity index (χ3n) is 8.34. The molecule has 1 unspecified atom stereocenters. The van der Waals surface area contributed by atoms with E-state index in [0.717, 1.165) is 31.2 Å². The molecule has 1 heterocycles. The number of hydrogen-bond donors (Lipinski definition) is 7. The van der Waals surface area contributed by atoms with E-state index in [4.69, 9.17) is 34.2 Å². The van der Waals surface area contributed by atoms with E-state index in [1.54, 1.807) is 34.0 Å². The first-order valence-corrected chi connectivity index (χ1v) is 17.4. The van der Waals surface area contributed by atoms with Gasteiger partial charge in [0.25, 0.3) is 5.91 Å². The molecule has 2 aromatic rings. The predicted octanol–water partition coefficient (Wildman–Crippen LogP) is 4.27. The van der Waals surface area contributed by atoms with Crippen LogP contribution in [0.25, 0.3) is 5.57 Å². The number of carbonyl (C=O) groups excluding carboxylic acids is 2. The molecule has 1 saturated carbocycles. The van der Waals surface area contributed by atoms with E-state index in [-0.39, 0.29) is 40.2 Å². The van der Waals surface area contributed by atoms with Crippen molar-refractivity contribution in [2.75, 3.05) is 11.9 Å². The fraction of sp³-hybridized carbons (Fsp3) is 0.441. The van der Waals surface area contributed by atoms with Gasteiger partial charge in [0.2, 0.25) is 5.91 Å². The number of carboxylic acids is 2. The highest BCUT2D eigenvalue weighted by molar-refractivity contribution is 7.81. The van der Waals surface area contributed by atoms with Crippen LogP contribution in [-0.4, -0.2) is 79.3 Å². The largest absolute Gasteiger partial charge is 0.480 e. The zero-order chi connectivity index (χ0) is 36.2. The van der Waals surface area contributed by atoms with Crippen LogP contribution in [0, 0.1) is 17.2 Å². The quantitative estimate of drug-likeness (QED) is 0.0712. The Morgan fingerprint density at radius 1 is 1.12 bits per heavy atom. The predicted molar refractivity (Wildman–Crippen MR) is 194 cm³/mol. The number of nitrogens with zero attached hydrogens (tertiary/aromatic N) is 2. The normalized spacial score (nSPS) is 19.4. The molecule has 1 aromatic heterocycles. The summed E-state index contributed by atoms with van der Waals surface area (Å²) in [6.45, 7) is 6.58. The minimum atomic E-state index is -1.12. The van der Waals surface area contributed by atoms with E-state index in [9.17, 15) is 24.3 Å². The number of nitrogens with one attached hydrogen (secondary N) is 3. The SMILES string of the molecule is CC(C)N(C(=O)[C@H]1CC[C@H](C)CC1)C1C=C(c2ccc(NC(=O)c3cscn3)cc2)C=C(C(=O)O)C1=S.N=C(N)NCCC[C@H](N)C(=O)O. The van der Waals surface area contributed by atoms with Gasteiger partial charge in [-0.1, -0.05) is 31.3 Å². The summed E-state index contributed by atoms with van der Waals surface area (Å²) in [4.78, 5) is 54.4. The maximum absolute atomic E-state index is 13.7. The van der Waals surface area contributed by atoms with E-state index in [1.165, 1.54) is 11.3 Å². The molecular formula is C34H45N7O6S2. The van der Waals surface area contributed by atoms with Crippen molar-refractivity contribution in [1.29, 1.82) is 5.41 Å². The van der Waals surface area contributed by atoms with Crippen molar-refractivity contribution in [2.45, 2.75) is 77.4 Å². The summed E-state index contributed by atoms with van der Waals surface area (Å²) in [5.41, 5.74) is 14.2. The maximum Gasteiger partial charge on any atom is 0.336 e. The van der Waals surface area contributed by atoms with E-state index in [2.05, 4.69) is 22.5 Å². The Hall–Kier alpha value is -4.47. The molecule has 2 aliphatic rings. The van der Waals surface area contributed by atoms with Crippen molar-refractivity contribution in [3.8, 4) is 0 Å². The molecule has 2 atom stereocenters. The van der Waals surface area contributed by atoms with E-state index < -0.39 is 24.0 Å². The van der Waals surface area contributed by atoms with Gasteiger partial charge in [-0.2, -0.15) is 0 Å². The second-order valence-corrected chi connectivity index (χ2v) is 13.6. The highest BCUT2D eigenvalue weighted by Crippen LogP contribution is 2.34. The number of amides is 2. The number of aromatic nitrogens is 1. The minimum Gasteiger partial charge on any atom is -0.480 e. The number of anilines is 1. The number of hydrogen-bond acceptors (Lipinski definition) is 9. The zero-order valence-electron chi connectivity index (χ0n) is 27.8. The monoisotopic (exact) mass is 711 g/mol. The van der Waals surface area contributed by atoms with Crippen molar-refractivity contribution in [3.05, 3.63) is 64.1 Å². The molecule has 2 amide bonds. The number of carboxylic acid groups (broad SMARTS) is 2. The molecule has 2 aliphatic carbocycles. The second kappa shape index (κ2) is 18.3. The average molecular weight is 712 g/mol. The number of rotatable bonds is 12. The highest BCUT2D eigenvalue weighted by atomic mass is 32.1. The molecule has 4 rings (SSSR count). The Morgan fingerprint density at radius 3 is 2.31 bits per heavy atom. The summed E-state index contributed by atoms with van der Waals surface area (Å²) in [7, 11) is 0. The first-order valence-electron chi connectivity index (χ1n) is 16.1. The summed E-state index contributed by atoms with van der Waals surface area (Å²) in [5.74, 6) is -1.94. The van der Waals surface area contributed by atoms with Crippen LogP contribution in [0.3, 0.4) is 0 Å². The van der Waals surface area contributed by atoms with Crippen LogP contribution < -0.4 is 22.1 Å². The van der Waals surface area contributed by atoms with Gasteiger partial charge in [0.05, 0.1) is 22.0 Å². The molecule has 49 heavy (non-hydrogen) atoms. The maximum atomic E-state index is 13.7. The molecular weight excluding hydrogens is 667 g/mol. The van der Waals surface area contributed by atoms with Gasteiger partial charge in [0, 0.05) is 29.6 Å². The number of guanidine groups is 1. The van der Waals surface area contributed by atoms with Gasteiger partial charge in [-0.25, -0.2) is 9.78 Å². The second-order valence-electron chi connectivity index (χ2n) is 12.4. The summed E-state index contributed by atoms with van der Waals surface area (Å²) in [5, 5.41) is 32.1. The molecule has 15 heteroatoms. The summed E-state index contributed by atoms with van der Waals surface area (Å²) < 4.78 is 0. The molecule has 1 fully saturated rings. The topological polar surface area (TPSA) is 225 Å². The first kappa shape index (κ1) is 39.0. The molecule has 264 valence electrons. The standard InChI is InChI=1S/C28H31N3O4S2.C6H14N4O2/c1-16(2)31(27(33)19-6-4-17(3)5-7-19)24-13-20(12-22(25(24)36)28(34)35)18-8-10-21(11-9-18)30-26(32)23-14-37-15-29-23;7-4(5(11)12)2-1-3-10-6(8)9/h8-17,19,24H,4-7H2,1-3H3,(H,30,32)(H,34,35);4H,1-3,7H2,(H,11,12)(H4,8,9,10)/t17-,19-,24?;4-/m.0/s1. The molecule has 0 radical (unpaired) electrons. The fourth-order valence-corrected chi connectivity index (χ4v) is 6.46. The van der Waals surface area contributed by atoms with Gasteiger partial charge >= 0.3 is 11.9 Å². The van der Waals surface area contributed by atoms with E-state index in [1.807, 2.05) is 32.1 Å². The van der Waals surface area contributed by atoms with Gasteiger partial charge < -0.3 is 37.2 Å². The van der Waals surface area contributed by atoms with Gasteiger partial charge in [-0.05, 0) is 93.7 Å². The van der Waals surface area contributed by atoms with Gasteiger partial charge in [0.1, 0.15) is 11.7 Å². The summed E-state index contributed by atoms with van der Waals surface area (Å²) in [6, 6.07) is 5.54. The molecule has 0 spiro atoms. The number of thiazole rings is 1. The molecule has 0 bridgehead atoms. The number of aliphatic carboxylic acids is 2. The Labute approximate surface area is 295 Å². The Kier molecular flexibility index (Phi) is 14.6. The van der Waals surface area contributed by atoms with Crippen LogP contribution in [0.15, 0.2) is 52.9 Å². The average Bonchev–Trinajstić information content (AvgIpc) is 3.60. The van der Waals surface area contributed by atoms with Gasteiger partial charge in [-0.3, -0.25) is 19.8 Å². The van der Waals surface area contributed by atoms with Gasteiger partial charge in [-0.15, -0.1) is 11.3 Å². The van der Waals surface area contributed by atoms with Crippen LogP contribution in [0.2, 0.25) is 0 Å². The highest BCUT2D eigenvalue weighted by Gasteiger charge is 2.37. The molecule has 13 nitrogen and oxygen atoms in total. The lowest BCUT2D eigenvalue weighted by atomic mass is 9.81. The lowest BCUT2D eigenvalue weighted by molar-refractivity contribution is -0.139. The zero-order valence-corrected chi connectivity index (χ0v) is 29.5. The molecule has 0 saturated heterocycles. The van der Waals surface area contributed by atoms with Crippen LogP contribution in [0.4, 0.5) is 5.69 Å². The van der Waals surface area contributed by atoms with E-state index >= 15 is 0 Å². The number of allylic oxidation sites excluding steroid dienone is 2. The van der Waals surface area contributed by atoms with Crippen molar-refractivity contribution in [3.63, 3.8) is 0 Å². The fourth-order valence-electron chi connectivity index (χ4n) is 5.60. The minimum absolute atomic E-state index is 0.0223. The Balaban J connectivity index is 0.000000463. The lowest BCUT2D eigenvalue weighted by Gasteiger charge is -2.39. The third kappa shape index (κ3) is 11.3. The molecule has 9 N–H and O–H groups in total. The van der Waals surface area contributed by atoms with Crippen LogP contribution in [0.5, 0.6) is 0 Å². The van der Waals surface area contributed by atoms with Crippen LogP contribution in [-0.2, 0) is 14.4 Å². The lowest BCUT2D eigenvalue weighted by Crippen LogP contribution is -2.51. The molecule has 0 aliphatic heterocycles. The number of benzene rings is 1. The van der Waals surface area contributed by atoms with Crippen LogP contribution in [0.1, 0.15) is 75.3 Å². The Bertz CT molecular complexity index is 1570. The van der Waals surface area contributed by atoms with E-state index in [0.29, 0.717) is 42.3 Å². The molecule has 1 aromatic carbocycles. The summed E-state index contributed by atoms with van der Waals surface area (Å²) >= 11 is 6.98.